The topological polar surface area (TPSA) is 47.0 Å². The summed E-state index contributed by atoms with van der Waals surface area (Å²) >= 11 is 3.17. The van der Waals surface area contributed by atoms with Crippen molar-refractivity contribution in [1.82, 2.24) is 4.98 Å². The van der Waals surface area contributed by atoms with Crippen LogP contribution in [0, 0.1) is 6.92 Å². The van der Waals surface area contributed by atoms with Crippen LogP contribution >= 0.6 is 15.9 Å². The molecule has 0 atom stereocenters. The molecule has 0 aliphatic rings. The lowest BCUT2D eigenvalue weighted by Gasteiger charge is -2.05. The van der Waals surface area contributed by atoms with Gasteiger partial charge in [-0.15, -0.1) is 0 Å². The van der Waals surface area contributed by atoms with E-state index >= 15 is 0 Å². The summed E-state index contributed by atoms with van der Waals surface area (Å²) < 4.78 is 25.1. The number of benzene rings is 1. The summed E-state index contributed by atoms with van der Waals surface area (Å²) in [5.74, 6) is 0. The molecule has 2 rings (SSSR count). The Balaban J connectivity index is 2.58. The van der Waals surface area contributed by atoms with Crippen LogP contribution in [-0.2, 0) is 9.84 Å². The van der Waals surface area contributed by atoms with Gasteiger partial charge in [0.05, 0.1) is 9.79 Å². The Morgan fingerprint density at radius 3 is 2.47 bits per heavy atom. The minimum Gasteiger partial charge on any atom is -0.249 e. The monoisotopic (exact) mass is 311 g/mol. The Kier molecular flexibility index (Phi) is 3.31. The first kappa shape index (κ1) is 12.3. The molecule has 88 valence electrons. The second-order valence-corrected chi connectivity index (χ2v) is 6.40. The highest BCUT2D eigenvalue weighted by atomic mass is 79.9. The number of sulfone groups is 1. The lowest BCUT2D eigenvalue weighted by molar-refractivity contribution is 0.595. The van der Waals surface area contributed by atoms with E-state index in [0.29, 0.717) is 9.50 Å². The molecule has 3 nitrogen and oxygen atoms in total. The third kappa shape index (κ3) is 2.56. The lowest BCUT2D eigenvalue weighted by atomic mass is 10.2. The number of hydrogen-bond acceptors (Lipinski definition) is 3. The molecule has 1 heterocycles. The van der Waals surface area contributed by atoms with Crippen molar-refractivity contribution in [3.63, 3.8) is 0 Å². The molecule has 17 heavy (non-hydrogen) atoms. The summed E-state index contributed by atoms with van der Waals surface area (Å²) in [6, 6.07) is 9.83. The number of hydrogen-bond donors (Lipinski definition) is 0. The maximum absolute atomic E-state index is 12.3. The molecule has 0 aliphatic heterocycles. The maximum Gasteiger partial charge on any atom is 0.206 e. The van der Waals surface area contributed by atoms with E-state index in [2.05, 4.69) is 20.9 Å². The molecule has 0 saturated carbocycles. The number of pyridine rings is 1. The summed E-state index contributed by atoms with van der Waals surface area (Å²) in [7, 11) is -3.45. The fourth-order valence-corrected chi connectivity index (χ4v) is 3.36. The van der Waals surface area contributed by atoms with Gasteiger partial charge in [-0.1, -0.05) is 12.1 Å². The third-order valence-corrected chi connectivity index (χ3v) is 4.49. The van der Waals surface area contributed by atoms with Crippen LogP contribution in [0.25, 0.3) is 0 Å². The van der Waals surface area contributed by atoms with Gasteiger partial charge in [-0.2, -0.15) is 0 Å². The molecule has 0 radical (unpaired) electrons. The van der Waals surface area contributed by atoms with Gasteiger partial charge in [0.15, 0.2) is 0 Å². The first-order valence-electron chi connectivity index (χ1n) is 4.93. The zero-order valence-corrected chi connectivity index (χ0v) is 11.5. The minimum atomic E-state index is -3.45. The second-order valence-electron chi connectivity index (χ2n) is 3.63. The average molecular weight is 312 g/mol. The number of aromatic nitrogens is 1. The fraction of sp³-hybridized carbons (Fsp3) is 0.0833. The minimum absolute atomic E-state index is 0.241. The molecule has 0 aliphatic carbocycles. The highest BCUT2D eigenvalue weighted by Gasteiger charge is 2.17. The van der Waals surface area contributed by atoms with Crippen LogP contribution in [0.3, 0.4) is 0 Å². The van der Waals surface area contributed by atoms with E-state index < -0.39 is 9.84 Å². The molecule has 0 spiro atoms. The van der Waals surface area contributed by atoms with Crippen molar-refractivity contribution >= 4 is 25.8 Å². The van der Waals surface area contributed by atoms with Gasteiger partial charge in [-0.05, 0) is 52.7 Å². The van der Waals surface area contributed by atoms with Gasteiger partial charge >= 0.3 is 0 Å². The van der Waals surface area contributed by atoms with E-state index in [1.807, 2.05) is 13.0 Å². The van der Waals surface area contributed by atoms with E-state index in [1.165, 1.54) is 18.3 Å². The van der Waals surface area contributed by atoms with Crippen LogP contribution in [-0.4, -0.2) is 13.4 Å². The van der Waals surface area contributed by atoms with Gasteiger partial charge in [0.2, 0.25) is 9.84 Å². The summed E-state index contributed by atoms with van der Waals surface area (Å²) in [5.41, 5.74) is 0.916. The predicted molar refractivity (Wildman–Crippen MR) is 68.6 cm³/mol. The summed E-state index contributed by atoms with van der Waals surface area (Å²) in [4.78, 5) is 4.46. The van der Waals surface area contributed by atoms with E-state index in [-0.39, 0.29) is 4.90 Å². The fourth-order valence-electron chi connectivity index (χ4n) is 1.47. The van der Waals surface area contributed by atoms with Crippen molar-refractivity contribution in [1.29, 1.82) is 0 Å². The zero-order valence-electron chi connectivity index (χ0n) is 9.09. The quantitative estimate of drug-likeness (QED) is 0.801. The van der Waals surface area contributed by atoms with Crippen LogP contribution in [0.2, 0.25) is 0 Å². The van der Waals surface area contributed by atoms with Crippen molar-refractivity contribution < 1.29 is 8.42 Å². The van der Waals surface area contributed by atoms with Crippen molar-refractivity contribution in [2.75, 3.05) is 0 Å². The molecule has 5 heteroatoms. The number of nitrogens with zero attached hydrogens (tertiary/aromatic N) is 1. The van der Waals surface area contributed by atoms with Gasteiger partial charge in [-0.25, -0.2) is 13.4 Å². The molecule has 0 saturated heterocycles. The van der Waals surface area contributed by atoms with Gasteiger partial charge in [0.25, 0.3) is 0 Å². The van der Waals surface area contributed by atoms with Crippen LogP contribution in [0.4, 0.5) is 0 Å². The summed E-state index contributed by atoms with van der Waals surface area (Å²) in [5, 5.41) is 0. The molecule has 1 aromatic heterocycles. The van der Waals surface area contributed by atoms with Gasteiger partial charge < -0.3 is 0 Å². The third-order valence-electron chi connectivity index (χ3n) is 2.31. The molecule has 0 N–H and O–H groups in total. The van der Waals surface area contributed by atoms with Crippen molar-refractivity contribution in [2.45, 2.75) is 16.7 Å². The lowest BCUT2D eigenvalue weighted by Crippen LogP contribution is -2.02. The largest absolute Gasteiger partial charge is 0.249 e. The Labute approximate surface area is 109 Å². The number of halogens is 1. The van der Waals surface area contributed by atoms with Gasteiger partial charge in [0.1, 0.15) is 4.60 Å². The van der Waals surface area contributed by atoms with Gasteiger partial charge in [0, 0.05) is 6.20 Å². The van der Waals surface area contributed by atoms with E-state index in [9.17, 15) is 8.42 Å². The predicted octanol–water partition coefficient (Wildman–Crippen LogP) is 2.99. The second kappa shape index (κ2) is 4.58. The standard InChI is InChI=1S/C12H10BrNO2S/c1-9-3-2-4-10(7-9)17(15,16)11-5-6-14-12(13)8-11/h2-8H,1H3. The van der Waals surface area contributed by atoms with Crippen molar-refractivity contribution in [2.24, 2.45) is 0 Å². The molecule has 1 aromatic carbocycles. The zero-order chi connectivity index (χ0) is 12.5. The van der Waals surface area contributed by atoms with Crippen molar-refractivity contribution in [3.05, 3.63) is 52.8 Å². The molecule has 0 bridgehead atoms. The molecule has 2 aromatic rings. The average Bonchev–Trinajstić information content (AvgIpc) is 2.29. The Morgan fingerprint density at radius 2 is 1.82 bits per heavy atom. The van der Waals surface area contributed by atoms with Crippen LogP contribution < -0.4 is 0 Å². The van der Waals surface area contributed by atoms with Crippen LogP contribution in [0.15, 0.2) is 57.0 Å². The Hall–Kier alpha value is -1.20. The molecular weight excluding hydrogens is 302 g/mol. The normalized spacial score (nSPS) is 11.4. The maximum atomic E-state index is 12.3. The van der Waals surface area contributed by atoms with Gasteiger partial charge in [-0.3, -0.25) is 0 Å². The van der Waals surface area contributed by atoms with E-state index in [1.54, 1.807) is 18.2 Å². The Bertz CT molecular complexity index is 602. The summed E-state index contributed by atoms with van der Waals surface area (Å²) in [6.45, 7) is 1.86. The molecule has 0 fully saturated rings. The van der Waals surface area contributed by atoms with E-state index in [4.69, 9.17) is 0 Å². The Morgan fingerprint density at radius 1 is 1.12 bits per heavy atom. The summed E-state index contributed by atoms with van der Waals surface area (Å²) in [6.07, 6.45) is 1.47. The first-order valence-corrected chi connectivity index (χ1v) is 7.21. The smallest absolute Gasteiger partial charge is 0.206 e. The number of rotatable bonds is 2. The van der Waals surface area contributed by atoms with E-state index in [0.717, 1.165) is 5.56 Å². The molecule has 0 unspecified atom stereocenters. The molecular formula is C12H10BrNO2S. The molecule has 0 amide bonds. The van der Waals surface area contributed by atoms with Crippen LogP contribution in [0.5, 0.6) is 0 Å². The highest BCUT2D eigenvalue weighted by Crippen LogP contribution is 2.22. The van der Waals surface area contributed by atoms with Crippen LogP contribution in [0.1, 0.15) is 5.56 Å². The number of aryl methyl sites for hydroxylation is 1. The first-order chi connectivity index (χ1) is 8.00. The van der Waals surface area contributed by atoms with Crippen molar-refractivity contribution in [3.8, 4) is 0 Å². The SMILES string of the molecule is Cc1cccc(S(=O)(=O)c2ccnc(Br)c2)c1. The highest BCUT2D eigenvalue weighted by molar-refractivity contribution is 9.10.